The van der Waals surface area contributed by atoms with Crippen molar-refractivity contribution in [3.05, 3.63) is 20.9 Å². The van der Waals surface area contributed by atoms with Crippen LogP contribution in [0, 0.1) is 0 Å². The first-order valence-corrected chi connectivity index (χ1v) is 6.91. The Morgan fingerprint density at radius 3 is 2.57 bits per heavy atom. The van der Waals surface area contributed by atoms with E-state index >= 15 is 0 Å². The highest BCUT2D eigenvalue weighted by atomic mass is 127. The van der Waals surface area contributed by atoms with Crippen molar-refractivity contribution < 1.29 is 9.90 Å². The van der Waals surface area contributed by atoms with Crippen molar-refractivity contribution in [3.8, 4) is 0 Å². The van der Waals surface area contributed by atoms with Gasteiger partial charge in [-0.1, -0.05) is 45.2 Å². The molecule has 0 amide bonds. The van der Waals surface area contributed by atoms with E-state index in [1.165, 1.54) is 6.08 Å². The molecule has 5 N–H and O–H groups in total. The van der Waals surface area contributed by atoms with Crippen molar-refractivity contribution in [2.45, 2.75) is 7.47 Å². The van der Waals surface area contributed by atoms with Gasteiger partial charge in [-0.2, -0.15) is 0 Å². The summed E-state index contributed by atoms with van der Waals surface area (Å²) in [6, 6.07) is 0. The lowest BCUT2D eigenvalue weighted by Gasteiger charge is -2.32. The summed E-state index contributed by atoms with van der Waals surface area (Å²) in [7, 11) is 0. The van der Waals surface area contributed by atoms with Gasteiger partial charge < -0.3 is 16.6 Å². The van der Waals surface area contributed by atoms with Gasteiger partial charge in [0.05, 0.1) is 9.50 Å². The van der Waals surface area contributed by atoms with Gasteiger partial charge in [-0.05, 0) is 28.7 Å². The summed E-state index contributed by atoms with van der Waals surface area (Å²) >= 11 is 6.11. The second-order valence-corrected chi connectivity index (χ2v) is 6.91. The SMILES string of the molecule is NC1=C(I)C(N)(I)C(I)C(C(=O)O)=C1. The van der Waals surface area contributed by atoms with Crippen molar-refractivity contribution in [2.75, 3.05) is 0 Å². The van der Waals surface area contributed by atoms with Crippen LogP contribution in [-0.4, -0.2) is 18.5 Å². The van der Waals surface area contributed by atoms with E-state index in [0.29, 0.717) is 5.70 Å². The number of hydrogen-bond donors (Lipinski definition) is 3. The Hall–Kier alpha value is 0.900. The second kappa shape index (κ2) is 4.41. The Labute approximate surface area is 122 Å². The molecule has 1 rings (SSSR count). The average Bonchev–Trinajstić information content (AvgIpc) is 2.08. The van der Waals surface area contributed by atoms with Crippen LogP contribution in [0.4, 0.5) is 0 Å². The van der Waals surface area contributed by atoms with E-state index in [4.69, 9.17) is 16.6 Å². The van der Waals surface area contributed by atoms with Crippen LogP contribution in [-0.2, 0) is 4.79 Å². The molecule has 0 fully saturated rings. The smallest absolute Gasteiger partial charge is 0.332 e. The van der Waals surface area contributed by atoms with Crippen LogP contribution in [0.15, 0.2) is 20.9 Å². The molecule has 14 heavy (non-hydrogen) atoms. The molecule has 78 valence electrons. The third kappa shape index (κ3) is 2.19. The van der Waals surface area contributed by atoms with Gasteiger partial charge in [0.1, 0.15) is 3.55 Å². The van der Waals surface area contributed by atoms with Crippen molar-refractivity contribution in [2.24, 2.45) is 11.5 Å². The molecule has 0 aromatic carbocycles. The number of carboxylic acids is 1. The van der Waals surface area contributed by atoms with Crippen LogP contribution in [0.5, 0.6) is 0 Å². The Bertz CT molecular complexity index is 349. The monoisotopic (exact) mass is 532 g/mol. The fraction of sp³-hybridized carbons (Fsp3) is 0.286. The highest BCUT2D eigenvalue weighted by Crippen LogP contribution is 2.42. The van der Waals surface area contributed by atoms with E-state index in [1.54, 1.807) is 0 Å². The lowest BCUT2D eigenvalue weighted by molar-refractivity contribution is -0.132. The minimum Gasteiger partial charge on any atom is -0.478 e. The largest absolute Gasteiger partial charge is 0.478 e. The topological polar surface area (TPSA) is 89.3 Å². The average molecular weight is 532 g/mol. The Kier molecular flexibility index (Phi) is 4.09. The molecule has 0 saturated heterocycles. The molecule has 2 atom stereocenters. The number of alkyl halides is 2. The van der Waals surface area contributed by atoms with Crippen molar-refractivity contribution in [3.63, 3.8) is 0 Å². The molecule has 0 aromatic rings. The molecule has 0 aromatic heterocycles. The lowest BCUT2D eigenvalue weighted by Crippen LogP contribution is -2.47. The number of nitrogens with two attached hydrogens (primary N) is 2. The Morgan fingerprint density at radius 2 is 2.14 bits per heavy atom. The lowest BCUT2D eigenvalue weighted by atomic mass is 9.99. The zero-order valence-electron chi connectivity index (χ0n) is 6.80. The summed E-state index contributed by atoms with van der Waals surface area (Å²) in [6.45, 7) is 0. The maximum atomic E-state index is 10.9. The molecular formula is C7H7I3N2O2. The van der Waals surface area contributed by atoms with Crippen LogP contribution in [0.3, 0.4) is 0 Å². The van der Waals surface area contributed by atoms with Crippen LogP contribution in [0.25, 0.3) is 0 Å². The molecule has 0 aliphatic heterocycles. The standard InChI is InChI=1S/C7H7I3N2O2/c8-4-2(6(13)14)1-3(11)5(9)7(4,10)12/h1,4H,11-12H2,(H,13,14). The van der Waals surface area contributed by atoms with E-state index in [0.717, 1.165) is 3.58 Å². The number of halogens is 3. The van der Waals surface area contributed by atoms with E-state index in [2.05, 4.69) is 22.6 Å². The highest BCUT2D eigenvalue weighted by Gasteiger charge is 2.41. The molecule has 0 spiro atoms. The fourth-order valence-electron chi connectivity index (χ4n) is 1.03. The summed E-state index contributed by atoms with van der Waals surface area (Å²) in [5, 5.41) is 8.93. The molecule has 1 aliphatic rings. The molecule has 0 bridgehead atoms. The third-order valence-corrected chi connectivity index (χ3v) is 8.34. The number of carboxylic acid groups (broad SMARTS) is 1. The number of allylic oxidation sites excluding steroid dienone is 1. The normalized spacial score (nSPS) is 32.9. The predicted octanol–water partition coefficient (Wildman–Crippen LogP) is 1.51. The summed E-state index contributed by atoms with van der Waals surface area (Å²) in [4.78, 5) is 10.9. The van der Waals surface area contributed by atoms with Gasteiger partial charge in [0.15, 0.2) is 0 Å². The molecule has 0 heterocycles. The van der Waals surface area contributed by atoms with Gasteiger partial charge in [-0.3, -0.25) is 0 Å². The van der Waals surface area contributed by atoms with E-state index in [9.17, 15) is 4.79 Å². The maximum absolute atomic E-state index is 10.9. The number of aliphatic carboxylic acids is 1. The molecule has 4 nitrogen and oxygen atoms in total. The quantitative estimate of drug-likeness (QED) is 0.272. The molecule has 2 unspecified atom stereocenters. The molecule has 7 heteroatoms. The maximum Gasteiger partial charge on any atom is 0.332 e. The van der Waals surface area contributed by atoms with E-state index < -0.39 is 9.51 Å². The Balaban J connectivity index is 3.27. The summed E-state index contributed by atoms with van der Waals surface area (Å²) in [5.74, 6) is -0.970. The first kappa shape index (κ1) is 13.0. The number of carbonyl (C=O) groups is 1. The Morgan fingerprint density at radius 1 is 1.64 bits per heavy atom. The van der Waals surface area contributed by atoms with E-state index in [1.807, 2.05) is 45.2 Å². The zero-order valence-corrected chi connectivity index (χ0v) is 13.3. The van der Waals surface area contributed by atoms with Crippen LogP contribution >= 0.6 is 67.8 Å². The predicted molar refractivity (Wildman–Crippen MR) is 79.7 cm³/mol. The van der Waals surface area contributed by atoms with Gasteiger partial charge in [0.2, 0.25) is 0 Å². The molecule has 1 aliphatic carbocycles. The zero-order chi connectivity index (χ0) is 11.1. The fourth-order valence-corrected chi connectivity index (χ4v) is 3.50. The van der Waals surface area contributed by atoms with Gasteiger partial charge >= 0.3 is 5.97 Å². The number of rotatable bonds is 1. The first-order valence-electron chi connectivity index (χ1n) is 3.51. The second-order valence-electron chi connectivity index (χ2n) is 2.80. The van der Waals surface area contributed by atoms with Crippen LogP contribution in [0.1, 0.15) is 0 Å². The van der Waals surface area contributed by atoms with Gasteiger partial charge in [-0.15, -0.1) is 0 Å². The van der Waals surface area contributed by atoms with Crippen molar-refractivity contribution in [1.82, 2.24) is 0 Å². The van der Waals surface area contributed by atoms with Crippen molar-refractivity contribution >= 4 is 73.7 Å². The van der Waals surface area contributed by atoms with Crippen LogP contribution in [0.2, 0.25) is 0 Å². The van der Waals surface area contributed by atoms with Gasteiger partial charge in [0, 0.05) is 9.28 Å². The van der Waals surface area contributed by atoms with Crippen molar-refractivity contribution in [1.29, 1.82) is 0 Å². The highest BCUT2D eigenvalue weighted by molar-refractivity contribution is 14.1. The first-order chi connectivity index (χ1) is 6.28. The van der Waals surface area contributed by atoms with Gasteiger partial charge in [-0.25, -0.2) is 4.79 Å². The minimum atomic E-state index is -0.970. The molecular weight excluding hydrogens is 525 g/mol. The minimum absolute atomic E-state index is 0.250. The molecule has 0 saturated carbocycles. The summed E-state index contributed by atoms with van der Waals surface area (Å²) in [6.07, 6.45) is 1.48. The molecule has 0 radical (unpaired) electrons. The van der Waals surface area contributed by atoms with Crippen LogP contribution < -0.4 is 11.5 Å². The van der Waals surface area contributed by atoms with Gasteiger partial charge in [0.25, 0.3) is 0 Å². The third-order valence-electron chi connectivity index (χ3n) is 1.79. The summed E-state index contributed by atoms with van der Waals surface area (Å²) < 4.78 is -0.219. The van der Waals surface area contributed by atoms with E-state index in [-0.39, 0.29) is 9.50 Å². The summed E-state index contributed by atoms with van der Waals surface area (Å²) in [5.41, 5.74) is 12.4. The number of hydrogen-bond acceptors (Lipinski definition) is 3.